The Labute approximate surface area is 120 Å². The summed E-state index contributed by atoms with van der Waals surface area (Å²) >= 11 is 0. The van der Waals surface area contributed by atoms with Crippen LogP contribution < -0.4 is 5.32 Å². The quantitative estimate of drug-likeness (QED) is 0.657. The molecular formula is C16H35N3. The summed E-state index contributed by atoms with van der Waals surface area (Å²) in [5, 5.41) is 3.72. The monoisotopic (exact) mass is 269 g/mol. The van der Waals surface area contributed by atoms with Gasteiger partial charge in [0.2, 0.25) is 0 Å². The first kappa shape index (κ1) is 16.9. The molecule has 0 radical (unpaired) electrons. The van der Waals surface area contributed by atoms with Crippen molar-refractivity contribution in [1.82, 2.24) is 15.1 Å². The van der Waals surface area contributed by atoms with Crippen LogP contribution in [0.5, 0.6) is 0 Å². The van der Waals surface area contributed by atoms with E-state index in [2.05, 4.69) is 42.9 Å². The summed E-state index contributed by atoms with van der Waals surface area (Å²) in [6, 6.07) is 0.647. The van der Waals surface area contributed by atoms with E-state index >= 15 is 0 Å². The van der Waals surface area contributed by atoms with E-state index in [1.165, 1.54) is 58.4 Å². The highest BCUT2D eigenvalue weighted by atomic mass is 15.2. The van der Waals surface area contributed by atoms with Gasteiger partial charge < -0.3 is 15.1 Å². The molecule has 19 heavy (non-hydrogen) atoms. The molecule has 3 nitrogen and oxygen atoms in total. The number of nitrogens with one attached hydrogen (secondary N) is 1. The Morgan fingerprint density at radius 1 is 1.21 bits per heavy atom. The van der Waals surface area contributed by atoms with Crippen molar-refractivity contribution in [2.24, 2.45) is 5.92 Å². The van der Waals surface area contributed by atoms with E-state index in [-0.39, 0.29) is 0 Å². The fraction of sp³-hybridized carbons (Fsp3) is 1.00. The summed E-state index contributed by atoms with van der Waals surface area (Å²) in [6.07, 6.45) is 5.29. The van der Waals surface area contributed by atoms with Gasteiger partial charge in [-0.25, -0.2) is 0 Å². The van der Waals surface area contributed by atoms with Crippen molar-refractivity contribution in [2.75, 3.05) is 46.3 Å². The lowest BCUT2D eigenvalue weighted by atomic mass is 9.98. The van der Waals surface area contributed by atoms with Gasteiger partial charge in [-0.15, -0.1) is 0 Å². The zero-order valence-electron chi connectivity index (χ0n) is 13.6. The lowest BCUT2D eigenvalue weighted by Crippen LogP contribution is -2.45. The summed E-state index contributed by atoms with van der Waals surface area (Å²) in [4.78, 5) is 5.12. The van der Waals surface area contributed by atoms with Gasteiger partial charge >= 0.3 is 0 Å². The van der Waals surface area contributed by atoms with Crippen molar-refractivity contribution < 1.29 is 0 Å². The Morgan fingerprint density at radius 2 is 1.89 bits per heavy atom. The van der Waals surface area contributed by atoms with Gasteiger partial charge in [-0.2, -0.15) is 0 Å². The van der Waals surface area contributed by atoms with Gasteiger partial charge in [-0.05, 0) is 51.9 Å². The third kappa shape index (κ3) is 6.73. The van der Waals surface area contributed by atoms with Crippen molar-refractivity contribution in [3.05, 3.63) is 0 Å². The average molecular weight is 269 g/mol. The van der Waals surface area contributed by atoms with Crippen molar-refractivity contribution in [3.63, 3.8) is 0 Å². The Kier molecular flexibility index (Phi) is 8.67. The van der Waals surface area contributed by atoms with E-state index in [9.17, 15) is 0 Å². The molecule has 1 aliphatic heterocycles. The third-order valence-corrected chi connectivity index (χ3v) is 4.49. The zero-order chi connectivity index (χ0) is 14.1. The number of nitrogens with zero attached hydrogens (tertiary/aromatic N) is 2. The molecule has 1 N–H and O–H groups in total. The highest BCUT2D eigenvalue weighted by molar-refractivity contribution is 4.76. The molecule has 1 aliphatic rings. The Morgan fingerprint density at radius 3 is 2.47 bits per heavy atom. The fourth-order valence-electron chi connectivity index (χ4n) is 2.81. The standard InChI is InChI=1S/C16H35N3/c1-5-9-17-16(15(3)6-2)14-18(4)12-13-19-10-7-8-11-19/h15-17H,5-14H2,1-4H3. The van der Waals surface area contributed by atoms with Gasteiger partial charge in [0.25, 0.3) is 0 Å². The summed E-state index contributed by atoms with van der Waals surface area (Å²) in [6.45, 7) is 14.3. The predicted molar refractivity (Wildman–Crippen MR) is 84.7 cm³/mol. The van der Waals surface area contributed by atoms with Crippen molar-refractivity contribution in [3.8, 4) is 0 Å². The minimum absolute atomic E-state index is 0.647. The van der Waals surface area contributed by atoms with Gasteiger partial charge in [0, 0.05) is 25.7 Å². The second-order valence-corrected chi connectivity index (χ2v) is 6.26. The molecular weight excluding hydrogens is 234 g/mol. The second-order valence-electron chi connectivity index (χ2n) is 6.26. The molecule has 0 aromatic carbocycles. The first-order chi connectivity index (χ1) is 9.17. The van der Waals surface area contributed by atoms with Gasteiger partial charge in [0.05, 0.1) is 0 Å². The fourth-order valence-corrected chi connectivity index (χ4v) is 2.81. The summed E-state index contributed by atoms with van der Waals surface area (Å²) < 4.78 is 0. The SMILES string of the molecule is CCCNC(CN(C)CCN1CCCC1)C(C)CC. The van der Waals surface area contributed by atoms with Crippen LogP contribution in [-0.2, 0) is 0 Å². The van der Waals surface area contributed by atoms with Crippen LogP contribution in [0.3, 0.4) is 0 Å². The van der Waals surface area contributed by atoms with Gasteiger partial charge in [-0.3, -0.25) is 0 Å². The lowest BCUT2D eigenvalue weighted by molar-refractivity contribution is 0.215. The molecule has 0 amide bonds. The Hall–Kier alpha value is -0.120. The molecule has 3 heteroatoms. The smallest absolute Gasteiger partial charge is 0.0220 e. The molecule has 0 aromatic rings. The van der Waals surface area contributed by atoms with Crippen LogP contribution in [0.15, 0.2) is 0 Å². The maximum Gasteiger partial charge on any atom is 0.0220 e. The van der Waals surface area contributed by atoms with E-state index in [4.69, 9.17) is 0 Å². The number of hydrogen-bond donors (Lipinski definition) is 1. The van der Waals surface area contributed by atoms with Gasteiger partial charge in [0.1, 0.15) is 0 Å². The minimum Gasteiger partial charge on any atom is -0.312 e. The molecule has 1 fully saturated rings. The van der Waals surface area contributed by atoms with Crippen molar-refractivity contribution in [1.29, 1.82) is 0 Å². The maximum atomic E-state index is 3.72. The van der Waals surface area contributed by atoms with Crippen LogP contribution in [0.1, 0.15) is 46.5 Å². The molecule has 2 atom stereocenters. The predicted octanol–water partition coefficient (Wildman–Crippen LogP) is 2.43. The van der Waals surface area contributed by atoms with E-state index in [1.807, 2.05) is 0 Å². The molecule has 1 rings (SSSR count). The normalized spacial score (nSPS) is 20.1. The number of rotatable bonds is 10. The van der Waals surface area contributed by atoms with E-state index < -0.39 is 0 Å². The van der Waals surface area contributed by atoms with Gasteiger partial charge in [-0.1, -0.05) is 27.2 Å². The third-order valence-electron chi connectivity index (χ3n) is 4.49. The van der Waals surface area contributed by atoms with Crippen LogP contribution in [-0.4, -0.2) is 62.2 Å². The van der Waals surface area contributed by atoms with E-state index in [0.717, 1.165) is 12.5 Å². The largest absolute Gasteiger partial charge is 0.312 e. The number of likely N-dealkylation sites (tertiary alicyclic amines) is 1. The molecule has 1 heterocycles. The lowest BCUT2D eigenvalue weighted by Gasteiger charge is -2.30. The topological polar surface area (TPSA) is 18.5 Å². The molecule has 114 valence electrons. The first-order valence-corrected chi connectivity index (χ1v) is 8.31. The molecule has 1 saturated heterocycles. The molecule has 0 aromatic heterocycles. The van der Waals surface area contributed by atoms with Crippen LogP contribution >= 0.6 is 0 Å². The molecule has 0 saturated carbocycles. The van der Waals surface area contributed by atoms with Crippen molar-refractivity contribution >= 4 is 0 Å². The molecule has 2 unspecified atom stereocenters. The minimum atomic E-state index is 0.647. The average Bonchev–Trinajstić information content (AvgIpc) is 2.93. The molecule has 0 spiro atoms. The second kappa shape index (κ2) is 9.73. The number of likely N-dealkylation sites (N-methyl/N-ethyl adjacent to an activating group) is 1. The van der Waals surface area contributed by atoms with E-state index in [1.54, 1.807) is 0 Å². The highest BCUT2D eigenvalue weighted by Gasteiger charge is 2.18. The highest BCUT2D eigenvalue weighted by Crippen LogP contribution is 2.10. The van der Waals surface area contributed by atoms with Crippen LogP contribution in [0.4, 0.5) is 0 Å². The van der Waals surface area contributed by atoms with Crippen molar-refractivity contribution in [2.45, 2.75) is 52.5 Å². The zero-order valence-corrected chi connectivity index (χ0v) is 13.6. The van der Waals surface area contributed by atoms with Crippen LogP contribution in [0.2, 0.25) is 0 Å². The van der Waals surface area contributed by atoms with E-state index in [0.29, 0.717) is 6.04 Å². The Bertz CT molecular complexity index is 214. The summed E-state index contributed by atoms with van der Waals surface area (Å²) in [5.74, 6) is 0.765. The maximum absolute atomic E-state index is 3.72. The van der Waals surface area contributed by atoms with Crippen LogP contribution in [0, 0.1) is 5.92 Å². The first-order valence-electron chi connectivity index (χ1n) is 8.31. The van der Waals surface area contributed by atoms with Gasteiger partial charge in [0.15, 0.2) is 0 Å². The van der Waals surface area contributed by atoms with Crippen LogP contribution in [0.25, 0.3) is 0 Å². The summed E-state index contributed by atoms with van der Waals surface area (Å²) in [5.41, 5.74) is 0. The molecule has 0 aliphatic carbocycles. The number of hydrogen-bond acceptors (Lipinski definition) is 3. The molecule has 0 bridgehead atoms. The Balaban J connectivity index is 2.25. The summed E-state index contributed by atoms with van der Waals surface area (Å²) in [7, 11) is 2.28.